The van der Waals surface area contributed by atoms with E-state index in [9.17, 15) is 0 Å². The molecular weight excluding hydrogens is 642 g/mol. The summed E-state index contributed by atoms with van der Waals surface area (Å²) < 4.78 is 68.7. The Morgan fingerprint density at radius 2 is 0.417 bits per heavy atom. The number of benzene rings is 5. The molecule has 250 valence electrons. The largest absolute Gasteiger partial charge is 0.203 e. The summed E-state index contributed by atoms with van der Waals surface area (Å²) in [5.41, 5.74) is 10.7. The Bertz CT molecular complexity index is 1720. The smallest absolute Gasteiger partial charge is 0.170 e. The van der Waals surface area contributed by atoms with Gasteiger partial charge in [-0.05, 0) is 165 Å². The van der Waals surface area contributed by atoms with E-state index in [1.807, 2.05) is 132 Å². The van der Waals surface area contributed by atoms with Crippen LogP contribution in [0.1, 0.15) is 66.8 Å². The zero-order valence-corrected chi connectivity index (χ0v) is 31.8. The topological polar surface area (TPSA) is 0 Å². The summed E-state index contributed by atoms with van der Waals surface area (Å²) in [6.07, 6.45) is 0. The first-order chi connectivity index (χ1) is 22.4. The molecule has 0 bridgehead atoms. The van der Waals surface area contributed by atoms with Crippen molar-refractivity contribution in [3.8, 4) is 0 Å². The lowest BCUT2D eigenvalue weighted by Gasteiger charge is -2.31. The van der Waals surface area contributed by atoms with Gasteiger partial charge in [-0.2, -0.15) is 0 Å². The van der Waals surface area contributed by atoms with Crippen molar-refractivity contribution in [2.45, 2.75) is 83.1 Å². The monoisotopic (exact) mass is 686 g/mol. The maximum atomic E-state index is 17.2. The average molecular weight is 687 g/mol. The third kappa shape index (κ3) is 6.28. The van der Waals surface area contributed by atoms with Gasteiger partial charge >= 0.3 is 0 Å². The third-order valence-electron chi connectivity index (χ3n) is 9.10. The lowest BCUT2D eigenvalue weighted by atomic mass is 10.1. The summed E-state index contributed by atoms with van der Waals surface area (Å²) >= 11 is 0. The van der Waals surface area contributed by atoms with Crippen LogP contribution in [0.4, 0.5) is 17.6 Å². The van der Waals surface area contributed by atoms with E-state index in [-0.39, 0.29) is 0 Å². The summed E-state index contributed by atoms with van der Waals surface area (Å²) in [6, 6.07) is 15.8. The van der Waals surface area contributed by atoms with Gasteiger partial charge in [0.05, 0.1) is 10.6 Å². The molecule has 0 fully saturated rings. The van der Waals surface area contributed by atoms with Crippen molar-refractivity contribution >= 4 is 47.7 Å². The van der Waals surface area contributed by atoms with Gasteiger partial charge in [0.2, 0.25) is 0 Å². The molecule has 0 nitrogen and oxygen atoms in total. The maximum absolute atomic E-state index is 17.2. The summed E-state index contributed by atoms with van der Waals surface area (Å²) in [4.78, 5) is 0. The van der Waals surface area contributed by atoms with E-state index in [0.717, 1.165) is 66.8 Å². The van der Waals surface area contributed by atoms with Crippen LogP contribution in [0.25, 0.3) is 0 Å². The van der Waals surface area contributed by atoms with E-state index < -0.39 is 49.7 Å². The first-order valence-electron chi connectivity index (χ1n) is 16.2. The van der Waals surface area contributed by atoms with Crippen LogP contribution in [-0.2, 0) is 0 Å². The van der Waals surface area contributed by atoms with Crippen LogP contribution in [0.3, 0.4) is 0 Å². The van der Waals surface area contributed by atoms with Gasteiger partial charge in [-0.3, -0.25) is 0 Å². The Balaban J connectivity index is 1.94. The van der Waals surface area contributed by atoms with Crippen LogP contribution >= 0.6 is 15.8 Å². The zero-order chi connectivity index (χ0) is 35.5. The van der Waals surface area contributed by atoms with Crippen molar-refractivity contribution in [1.82, 2.24) is 0 Å². The van der Waals surface area contributed by atoms with Crippen molar-refractivity contribution in [3.63, 3.8) is 0 Å². The molecule has 0 atom stereocenters. The van der Waals surface area contributed by atoms with Gasteiger partial charge in [0.1, 0.15) is 0 Å². The predicted molar refractivity (Wildman–Crippen MR) is 201 cm³/mol. The van der Waals surface area contributed by atoms with Gasteiger partial charge in [-0.25, -0.2) is 17.6 Å². The van der Waals surface area contributed by atoms with Gasteiger partial charge in [-0.15, -0.1) is 0 Å². The van der Waals surface area contributed by atoms with E-state index in [4.69, 9.17) is 0 Å². The van der Waals surface area contributed by atoms with Gasteiger partial charge in [0.15, 0.2) is 23.3 Å². The van der Waals surface area contributed by atoms with E-state index in [1.54, 1.807) is 0 Å². The molecule has 0 amide bonds. The molecule has 6 heteroatoms. The molecule has 5 aromatic carbocycles. The van der Waals surface area contributed by atoms with E-state index in [1.165, 1.54) is 0 Å². The Labute approximate surface area is 286 Å². The normalized spacial score (nSPS) is 11.7. The summed E-state index contributed by atoms with van der Waals surface area (Å²) in [5, 5.41) is 1.80. The summed E-state index contributed by atoms with van der Waals surface area (Å²) in [6.45, 7) is 23.1. The number of halogens is 4. The van der Waals surface area contributed by atoms with Gasteiger partial charge < -0.3 is 0 Å². The second-order valence-corrected chi connectivity index (χ2v) is 17.6. The first-order valence-corrected chi connectivity index (χ1v) is 18.9. The minimum Gasteiger partial charge on any atom is -0.203 e. The molecule has 0 spiro atoms. The Morgan fingerprint density at radius 3 is 0.562 bits per heavy atom. The highest BCUT2D eigenvalue weighted by Gasteiger charge is 2.38. The highest BCUT2D eigenvalue weighted by atomic mass is 31.1. The van der Waals surface area contributed by atoms with Gasteiger partial charge in [0.25, 0.3) is 0 Å². The lowest BCUT2D eigenvalue weighted by molar-refractivity contribution is 0.473. The van der Waals surface area contributed by atoms with E-state index in [2.05, 4.69) is 0 Å². The molecule has 0 aliphatic rings. The van der Waals surface area contributed by atoms with Gasteiger partial charge in [-0.1, -0.05) is 70.8 Å². The Morgan fingerprint density at radius 1 is 0.271 bits per heavy atom. The molecule has 0 saturated carbocycles. The molecule has 0 N–H and O–H groups in total. The van der Waals surface area contributed by atoms with Crippen molar-refractivity contribution in [2.75, 3.05) is 0 Å². The van der Waals surface area contributed by atoms with Crippen LogP contribution in [0.2, 0.25) is 0 Å². The first kappa shape index (κ1) is 36.0. The second-order valence-electron chi connectivity index (χ2n) is 13.6. The molecule has 48 heavy (non-hydrogen) atoms. The lowest BCUT2D eigenvalue weighted by Crippen LogP contribution is -2.38. The van der Waals surface area contributed by atoms with Crippen molar-refractivity contribution in [2.24, 2.45) is 0 Å². The highest BCUT2D eigenvalue weighted by molar-refractivity contribution is 7.81. The fourth-order valence-electron chi connectivity index (χ4n) is 7.77. The van der Waals surface area contributed by atoms with Crippen LogP contribution in [0.5, 0.6) is 0 Å². The zero-order valence-electron chi connectivity index (χ0n) is 30.0. The second kappa shape index (κ2) is 13.5. The molecule has 5 rings (SSSR count). The third-order valence-corrected chi connectivity index (χ3v) is 15.4. The number of rotatable bonds is 6. The molecule has 0 unspecified atom stereocenters. The van der Waals surface area contributed by atoms with Crippen LogP contribution in [0.15, 0.2) is 48.5 Å². The molecule has 5 aromatic rings. The average Bonchev–Trinajstić information content (AvgIpc) is 2.94. The van der Waals surface area contributed by atoms with Crippen molar-refractivity contribution < 1.29 is 17.6 Å². The van der Waals surface area contributed by atoms with Gasteiger partial charge in [0, 0.05) is 0 Å². The van der Waals surface area contributed by atoms with Crippen LogP contribution in [0, 0.1) is 106 Å². The Hall–Kier alpha value is -3.32. The summed E-state index contributed by atoms with van der Waals surface area (Å²) in [7, 11) is -4.05. The van der Waals surface area contributed by atoms with Crippen LogP contribution < -0.4 is 31.8 Å². The van der Waals surface area contributed by atoms with Crippen LogP contribution in [-0.4, -0.2) is 0 Å². The molecule has 0 aromatic heterocycles. The quantitative estimate of drug-likeness (QED) is 0.0949. The minimum absolute atomic E-state index is 0.529. The van der Waals surface area contributed by atoms with E-state index in [0.29, 0.717) is 21.2 Å². The number of aryl methyl sites for hydroxylation is 12. The van der Waals surface area contributed by atoms with Crippen molar-refractivity contribution in [1.29, 1.82) is 0 Å². The number of hydrogen-bond acceptors (Lipinski definition) is 0. The standard InChI is InChI=1S/C42H44F4P2/c1-21-13-25(5)37(26(6)14-21)47(38-27(7)15-22(2)16-28(38)8)41-33(43)35(45)42(36(46)34(41)44)48(39-29(9)17-23(3)18-30(39)10)40-31(11)19-24(4)20-32(40)12/h13-20H,1-12H3. The SMILES string of the molecule is Cc1cc(C)c(P(c2c(C)cc(C)cc2C)c2c(F)c(F)c(P(c3c(C)cc(C)cc3C)c3c(C)cc(C)cc3C)c(F)c2F)c(C)c1. The Kier molecular flexibility index (Phi) is 10.1. The fourth-order valence-corrected chi connectivity index (χ4v) is 13.6. The molecule has 0 heterocycles. The molecule has 0 aliphatic carbocycles. The summed E-state index contributed by atoms with van der Waals surface area (Å²) in [5.74, 6) is -5.26. The molecule has 0 radical (unpaired) electrons. The molecular formula is C42H44F4P2. The van der Waals surface area contributed by atoms with E-state index >= 15 is 17.6 Å². The predicted octanol–water partition coefficient (Wildman–Crippen LogP) is 9.46. The highest BCUT2D eigenvalue weighted by Crippen LogP contribution is 2.45. The van der Waals surface area contributed by atoms with Crippen molar-refractivity contribution in [3.05, 3.63) is 139 Å². The molecule has 0 saturated heterocycles. The molecule has 0 aliphatic heterocycles. The fraction of sp³-hybridized carbons (Fsp3) is 0.286. The maximum Gasteiger partial charge on any atom is 0.170 e. The minimum atomic E-state index is -2.02. The number of hydrogen-bond donors (Lipinski definition) is 0.